The minimum atomic E-state index is -1.68. The first kappa shape index (κ1) is 20.6. The maximum atomic E-state index is 14.3. The van der Waals surface area contributed by atoms with Gasteiger partial charge in [0.15, 0.2) is 22.3 Å². The lowest BCUT2D eigenvalue weighted by Crippen LogP contribution is -2.27. The Morgan fingerprint density at radius 2 is 1.86 bits per heavy atom. The number of amides is 1. The van der Waals surface area contributed by atoms with Crippen LogP contribution < -0.4 is 9.54 Å². The number of aliphatic carboxylic acids is 1. The molecule has 0 aliphatic rings. The minimum absolute atomic E-state index is 0.0473. The van der Waals surface area contributed by atoms with Gasteiger partial charge in [-0.2, -0.15) is 4.99 Å². The van der Waals surface area contributed by atoms with Gasteiger partial charge in [0.2, 0.25) is 0 Å². The number of carbonyl (C=O) groups excluding carboxylic acids is 1. The highest BCUT2D eigenvalue weighted by Crippen LogP contribution is 2.28. The molecule has 2 aromatic carbocycles. The SMILES string of the molecule is CCC(C(=O)O)n1c(=NC(=O)c2ccc(OC)cc2)sc2c(F)c(F)c(F)cc21. The average Bonchev–Trinajstić information content (AvgIpc) is 3.04. The summed E-state index contributed by atoms with van der Waals surface area (Å²) >= 11 is 0.571. The Morgan fingerprint density at radius 3 is 2.41 bits per heavy atom. The summed E-state index contributed by atoms with van der Waals surface area (Å²) in [7, 11) is 1.46. The van der Waals surface area contributed by atoms with Gasteiger partial charge in [0, 0.05) is 11.6 Å². The molecule has 1 heterocycles. The Bertz CT molecular complexity index is 1170. The maximum absolute atomic E-state index is 14.3. The molecule has 1 aromatic heterocycles. The number of rotatable bonds is 5. The number of aromatic nitrogens is 1. The van der Waals surface area contributed by atoms with Crippen LogP contribution in [0.15, 0.2) is 35.3 Å². The number of thiazole rings is 1. The van der Waals surface area contributed by atoms with Crippen molar-refractivity contribution in [2.45, 2.75) is 19.4 Å². The van der Waals surface area contributed by atoms with Crippen LogP contribution in [0.1, 0.15) is 29.7 Å². The van der Waals surface area contributed by atoms with Crippen LogP contribution in [0.2, 0.25) is 0 Å². The van der Waals surface area contributed by atoms with Crippen LogP contribution in [0.25, 0.3) is 10.2 Å². The standard InChI is InChI=1S/C19H15F3N2O4S/c1-3-12(18(26)27)24-13-8-11(20)14(21)15(22)16(13)29-19(24)23-17(25)9-4-6-10(28-2)7-5-9/h4-8,12H,3H2,1-2H3,(H,26,27). The maximum Gasteiger partial charge on any atom is 0.326 e. The van der Waals surface area contributed by atoms with Gasteiger partial charge in [0.1, 0.15) is 11.8 Å². The molecule has 0 saturated carbocycles. The lowest BCUT2D eigenvalue weighted by Gasteiger charge is -2.13. The molecule has 1 atom stereocenters. The summed E-state index contributed by atoms with van der Waals surface area (Å²) in [5, 5.41) is 9.51. The smallest absolute Gasteiger partial charge is 0.326 e. The molecule has 6 nitrogen and oxygen atoms in total. The molecule has 29 heavy (non-hydrogen) atoms. The van der Waals surface area contributed by atoms with Gasteiger partial charge in [0.25, 0.3) is 5.91 Å². The third-order valence-electron chi connectivity index (χ3n) is 4.27. The summed E-state index contributed by atoms with van der Waals surface area (Å²) in [5.41, 5.74) is -0.0158. The van der Waals surface area contributed by atoms with Gasteiger partial charge in [-0.1, -0.05) is 18.3 Å². The van der Waals surface area contributed by atoms with E-state index in [1.54, 1.807) is 6.92 Å². The van der Waals surface area contributed by atoms with Crippen molar-refractivity contribution in [3.63, 3.8) is 0 Å². The number of hydrogen-bond acceptors (Lipinski definition) is 4. The van der Waals surface area contributed by atoms with Crippen LogP contribution in [0.5, 0.6) is 5.75 Å². The number of carbonyl (C=O) groups is 2. The highest BCUT2D eigenvalue weighted by atomic mass is 32.1. The number of fused-ring (bicyclic) bond motifs is 1. The summed E-state index contributed by atoms with van der Waals surface area (Å²) in [4.78, 5) is 27.9. The number of hydrogen-bond donors (Lipinski definition) is 1. The predicted molar refractivity (Wildman–Crippen MR) is 99.5 cm³/mol. The van der Waals surface area contributed by atoms with Crippen LogP contribution >= 0.6 is 11.3 Å². The van der Waals surface area contributed by atoms with E-state index in [9.17, 15) is 27.9 Å². The van der Waals surface area contributed by atoms with E-state index in [4.69, 9.17) is 4.74 Å². The van der Waals surface area contributed by atoms with Gasteiger partial charge >= 0.3 is 5.97 Å². The first-order chi connectivity index (χ1) is 13.8. The van der Waals surface area contributed by atoms with Gasteiger partial charge in [-0.25, -0.2) is 18.0 Å². The Balaban J connectivity index is 2.27. The highest BCUT2D eigenvalue weighted by Gasteiger charge is 2.26. The van der Waals surface area contributed by atoms with E-state index in [-0.39, 0.29) is 27.0 Å². The quantitative estimate of drug-likeness (QED) is 0.630. The van der Waals surface area contributed by atoms with E-state index < -0.39 is 35.4 Å². The van der Waals surface area contributed by atoms with Crippen molar-refractivity contribution in [1.82, 2.24) is 4.57 Å². The molecule has 1 amide bonds. The fourth-order valence-electron chi connectivity index (χ4n) is 2.82. The van der Waals surface area contributed by atoms with Gasteiger partial charge in [-0.05, 0) is 30.7 Å². The van der Waals surface area contributed by atoms with Crippen LogP contribution in [0, 0.1) is 17.5 Å². The van der Waals surface area contributed by atoms with Gasteiger partial charge < -0.3 is 14.4 Å². The molecule has 0 aliphatic heterocycles. The van der Waals surface area contributed by atoms with Crippen molar-refractivity contribution >= 4 is 33.4 Å². The summed E-state index contributed by atoms with van der Waals surface area (Å²) < 4.78 is 47.4. The highest BCUT2D eigenvalue weighted by molar-refractivity contribution is 7.16. The van der Waals surface area contributed by atoms with Gasteiger partial charge in [-0.3, -0.25) is 4.79 Å². The summed E-state index contributed by atoms with van der Waals surface area (Å²) in [6.45, 7) is 1.56. The van der Waals surface area contributed by atoms with E-state index in [0.717, 1.165) is 4.57 Å². The van der Waals surface area contributed by atoms with E-state index in [1.807, 2.05) is 0 Å². The molecule has 1 unspecified atom stereocenters. The molecule has 10 heteroatoms. The van der Waals surface area contributed by atoms with Crippen molar-refractivity contribution in [3.05, 3.63) is 58.1 Å². The molecule has 152 valence electrons. The number of nitrogens with zero attached hydrogens (tertiary/aromatic N) is 2. The molecular formula is C19H15F3N2O4S. The number of benzene rings is 2. The second kappa shape index (κ2) is 8.08. The molecule has 3 aromatic rings. The number of carboxylic acids is 1. The second-order valence-corrected chi connectivity index (χ2v) is 6.97. The zero-order chi connectivity index (χ0) is 21.3. The number of ether oxygens (including phenoxy) is 1. The van der Waals surface area contributed by atoms with Crippen LogP contribution in [-0.2, 0) is 4.79 Å². The van der Waals surface area contributed by atoms with E-state index >= 15 is 0 Å². The summed E-state index contributed by atoms with van der Waals surface area (Å²) in [6, 6.07) is 5.44. The molecule has 0 spiro atoms. The van der Waals surface area contributed by atoms with E-state index in [0.29, 0.717) is 23.2 Å². The molecular weight excluding hydrogens is 409 g/mol. The lowest BCUT2D eigenvalue weighted by atomic mass is 10.2. The van der Waals surface area contributed by atoms with Crippen molar-refractivity contribution in [1.29, 1.82) is 0 Å². The predicted octanol–water partition coefficient (Wildman–Crippen LogP) is 3.91. The van der Waals surface area contributed by atoms with Crippen molar-refractivity contribution in [3.8, 4) is 5.75 Å². The van der Waals surface area contributed by atoms with Gasteiger partial charge in [0.05, 0.1) is 17.3 Å². The minimum Gasteiger partial charge on any atom is -0.497 e. The Kier molecular flexibility index (Phi) is 5.73. The lowest BCUT2D eigenvalue weighted by molar-refractivity contribution is -0.140. The fraction of sp³-hybridized carbons (Fsp3) is 0.211. The van der Waals surface area contributed by atoms with E-state index in [1.165, 1.54) is 31.4 Å². The monoisotopic (exact) mass is 424 g/mol. The molecule has 3 rings (SSSR count). The van der Waals surface area contributed by atoms with Crippen LogP contribution in [-0.4, -0.2) is 28.7 Å². The van der Waals surface area contributed by atoms with Crippen LogP contribution in [0.4, 0.5) is 13.2 Å². The zero-order valence-corrected chi connectivity index (χ0v) is 16.1. The molecule has 0 bridgehead atoms. The fourth-order valence-corrected chi connectivity index (χ4v) is 3.89. The normalized spacial score (nSPS) is 12.9. The first-order valence-electron chi connectivity index (χ1n) is 8.42. The number of halogens is 3. The third kappa shape index (κ3) is 3.75. The van der Waals surface area contributed by atoms with Crippen molar-refractivity contribution in [2.24, 2.45) is 4.99 Å². The molecule has 0 fully saturated rings. The van der Waals surface area contributed by atoms with Gasteiger partial charge in [-0.15, -0.1) is 0 Å². The van der Waals surface area contributed by atoms with E-state index in [2.05, 4.69) is 4.99 Å². The number of methoxy groups -OCH3 is 1. The molecule has 1 N–H and O–H groups in total. The average molecular weight is 424 g/mol. The molecule has 0 radical (unpaired) electrons. The third-order valence-corrected chi connectivity index (χ3v) is 5.34. The second-order valence-electron chi connectivity index (χ2n) is 6.00. The zero-order valence-electron chi connectivity index (χ0n) is 15.3. The van der Waals surface area contributed by atoms with Crippen molar-refractivity contribution < 1.29 is 32.6 Å². The van der Waals surface area contributed by atoms with Crippen LogP contribution in [0.3, 0.4) is 0 Å². The van der Waals surface area contributed by atoms with Crippen molar-refractivity contribution in [2.75, 3.05) is 7.11 Å². The number of carboxylic acid groups (broad SMARTS) is 1. The molecule has 0 aliphatic carbocycles. The largest absolute Gasteiger partial charge is 0.497 e. The first-order valence-corrected chi connectivity index (χ1v) is 9.24. The Hall–Kier alpha value is -3.14. The topological polar surface area (TPSA) is 80.9 Å². The Morgan fingerprint density at radius 1 is 1.21 bits per heavy atom. The summed E-state index contributed by atoms with van der Waals surface area (Å²) in [5.74, 6) is -6.09. The summed E-state index contributed by atoms with van der Waals surface area (Å²) in [6.07, 6.45) is 0.0473. The molecule has 0 saturated heterocycles. The Labute approximate surface area is 166 Å².